The number of rotatable bonds is 9. The second kappa shape index (κ2) is 16.3. The Hall–Kier alpha value is 0.320. The summed E-state index contributed by atoms with van der Waals surface area (Å²) in [6, 6.07) is 0. The third-order valence-corrected chi connectivity index (χ3v) is 2.48. The Morgan fingerprint density at radius 2 is 1.06 bits per heavy atom. The lowest BCUT2D eigenvalue weighted by Crippen LogP contribution is -2.30. The van der Waals surface area contributed by atoms with Crippen LogP contribution in [0.2, 0.25) is 0 Å². The predicted octanol–water partition coefficient (Wildman–Crippen LogP) is 0.754. The summed E-state index contributed by atoms with van der Waals surface area (Å²) in [6.07, 6.45) is 8.09. The van der Waals surface area contributed by atoms with E-state index in [9.17, 15) is 0 Å². The quantitative estimate of drug-likeness (QED) is 0.682. The maximum Gasteiger partial charge on any atom is 0.433 e. The van der Waals surface area contributed by atoms with Gasteiger partial charge in [0.05, 0.1) is 0 Å². The molecule has 5 heteroatoms. The molecule has 0 aliphatic carbocycles. The van der Waals surface area contributed by atoms with Crippen molar-refractivity contribution in [2.24, 2.45) is 0 Å². The van der Waals surface area contributed by atoms with Crippen molar-refractivity contribution in [1.82, 2.24) is 4.90 Å². The minimum atomic E-state index is -3.40. The fourth-order valence-electron chi connectivity index (χ4n) is 1.48. The molecule has 106 valence electrons. The third-order valence-electron chi connectivity index (χ3n) is 2.48. The molecule has 0 saturated carbocycles. The highest BCUT2D eigenvalue weighted by atomic mass is 80.0. The molecule has 0 aliphatic heterocycles. The maximum absolute atomic E-state index is 8.63. The van der Waals surface area contributed by atoms with Crippen molar-refractivity contribution in [2.75, 3.05) is 19.6 Å². The lowest BCUT2D eigenvalue weighted by molar-refractivity contribution is -1.63. The lowest BCUT2D eigenvalue weighted by atomic mass is 10.2. The molecule has 1 N–H and O–H groups in total. The highest BCUT2D eigenvalue weighted by molar-refractivity contribution is 4.57. The second-order valence-electron chi connectivity index (χ2n) is 4.10. The van der Waals surface area contributed by atoms with Crippen LogP contribution < -0.4 is 8.40 Å². The lowest BCUT2D eigenvalue weighted by Gasteiger charge is -2.21. The van der Waals surface area contributed by atoms with E-state index < -0.39 is 14.8 Å². The summed E-state index contributed by atoms with van der Waals surface area (Å²) < 4.78 is 24.3. The molecule has 0 aliphatic rings. The van der Waals surface area contributed by atoms with E-state index in [1.54, 1.807) is 0 Å². The van der Waals surface area contributed by atoms with Gasteiger partial charge < -0.3 is 13.3 Å². The average molecular weight is 314 g/mol. The zero-order valence-electron chi connectivity index (χ0n) is 11.5. The largest absolute Gasteiger partial charge is 0.433 e. The summed E-state index contributed by atoms with van der Waals surface area (Å²) in [5.74, 6) is 0. The van der Waals surface area contributed by atoms with Gasteiger partial charge in [-0.05, 0) is 43.1 Å². The third kappa shape index (κ3) is 22.0. The molecular formula is C12H28BrNO3. The van der Waals surface area contributed by atoms with Gasteiger partial charge in [-0.2, -0.15) is 0 Å². The van der Waals surface area contributed by atoms with Crippen molar-refractivity contribution in [3.8, 4) is 0 Å². The molecule has 0 saturated heterocycles. The summed E-state index contributed by atoms with van der Waals surface area (Å²) in [5, 5.41) is 0. The molecule has 0 radical (unpaired) electrons. The van der Waals surface area contributed by atoms with Gasteiger partial charge in [-0.1, -0.05) is 40.0 Å². The standard InChI is InChI=1S/C12H27N.BrHO3/c1-4-7-10-13(11-8-5-2)12-9-6-3;2-1(3)4/h4-12H2,1-3H3;2H. The molecule has 0 aromatic heterocycles. The van der Waals surface area contributed by atoms with Crippen molar-refractivity contribution in [3.05, 3.63) is 0 Å². The Bertz CT molecular complexity index is 115. The Morgan fingerprint density at radius 1 is 0.824 bits per heavy atom. The molecule has 4 nitrogen and oxygen atoms in total. The molecule has 0 bridgehead atoms. The highest BCUT2D eigenvalue weighted by Crippen LogP contribution is 2.01. The predicted molar refractivity (Wildman–Crippen MR) is 63.4 cm³/mol. The summed E-state index contributed by atoms with van der Waals surface area (Å²) in [5.41, 5.74) is 0. The van der Waals surface area contributed by atoms with Gasteiger partial charge in [0, 0.05) is 0 Å². The Kier molecular flexibility index (Phi) is 18.9. The zero-order valence-corrected chi connectivity index (χ0v) is 13.0. The van der Waals surface area contributed by atoms with E-state index in [0.29, 0.717) is 0 Å². The Morgan fingerprint density at radius 3 is 1.24 bits per heavy atom. The molecule has 17 heavy (non-hydrogen) atoms. The van der Waals surface area contributed by atoms with Gasteiger partial charge in [-0.15, -0.1) is 0 Å². The smallest absolute Gasteiger partial charge is 0.372 e. The number of nitrogens with zero attached hydrogens (tertiary/aromatic N) is 1. The first-order chi connectivity index (χ1) is 8.08. The summed E-state index contributed by atoms with van der Waals surface area (Å²) >= 11 is -3.40. The van der Waals surface area contributed by atoms with Crippen LogP contribution >= 0.6 is 0 Å². The molecular weight excluding hydrogens is 286 g/mol. The van der Waals surface area contributed by atoms with Crippen LogP contribution in [0.1, 0.15) is 59.3 Å². The van der Waals surface area contributed by atoms with E-state index in [4.69, 9.17) is 12.6 Å². The zero-order chi connectivity index (χ0) is 13.5. The van der Waals surface area contributed by atoms with Gasteiger partial charge in [0.2, 0.25) is 0 Å². The van der Waals surface area contributed by atoms with E-state index in [2.05, 4.69) is 25.7 Å². The highest BCUT2D eigenvalue weighted by Gasteiger charge is 2.01. The van der Waals surface area contributed by atoms with Crippen molar-refractivity contribution in [2.45, 2.75) is 59.3 Å². The van der Waals surface area contributed by atoms with Gasteiger partial charge >= 0.3 is 14.8 Å². The summed E-state index contributed by atoms with van der Waals surface area (Å²) in [6.45, 7) is 10.8. The first-order valence-electron chi connectivity index (χ1n) is 6.55. The molecule has 0 atom stereocenters. The van der Waals surface area contributed by atoms with Crippen LogP contribution in [0.3, 0.4) is 0 Å². The van der Waals surface area contributed by atoms with Gasteiger partial charge in [-0.25, -0.2) is 0 Å². The van der Waals surface area contributed by atoms with Crippen molar-refractivity contribution < 1.29 is 27.4 Å². The number of hydrogen-bond donors (Lipinski definition) is 1. The molecule has 0 aromatic carbocycles. The van der Waals surface area contributed by atoms with E-state index in [1.165, 1.54) is 58.2 Å². The van der Waals surface area contributed by atoms with Crippen LogP contribution in [-0.4, -0.2) is 28.7 Å². The van der Waals surface area contributed by atoms with Crippen LogP contribution in [0.4, 0.5) is 0 Å². The second-order valence-corrected chi connectivity index (χ2v) is 4.95. The van der Waals surface area contributed by atoms with Crippen LogP contribution in [0.25, 0.3) is 0 Å². The summed E-state index contributed by atoms with van der Waals surface area (Å²) in [4.78, 5) is 2.64. The van der Waals surface area contributed by atoms with Gasteiger partial charge in [0.1, 0.15) is 0 Å². The van der Waals surface area contributed by atoms with Gasteiger partial charge in [-0.3, -0.25) is 0 Å². The van der Waals surface area contributed by atoms with E-state index >= 15 is 0 Å². The topological polar surface area (TPSA) is 69.6 Å². The molecule has 0 aromatic rings. The van der Waals surface area contributed by atoms with E-state index in [1.807, 2.05) is 0 Å². The normalized spacial score (nSPS) is 10.6. The van der Waals surface area contributed by atoms with E-state index in [-0.39, 0.29) is 0 Å². The SMILES string of the molecule is CCCCN(CCCC)CCCC.[O-][Br+2]([O-])O. The number of hydrogen-bond acceptors (Lipinski definition) is 4. The fraction of sp³-hybridized carbons (Fsp3) is 1.00. The molecule has 0 fully saturated rings. The Labute approximate surface area is 111 Å². The van der Waals surface area contributed by atoms with Crippen molar-refractivity contribution >= 4 is 0 Å². The molecule has 0 spiro atoms. The van der Waals surface area contributed by atoms with Crippen LogP contribution in [0.5, 0.6) is 0 Å². The van der Waals surface area contributed by atoms with E-state index in [0.717, 1.165) is 0 Å². The average Bonchev–Trinajstić information content (AvgIpc) is 2.27. The van der Waals surface area contributed by atoms with Gasteiger partial charge in [0.25, 0.3) is 0 Å². The first-order valence-corrected chi connectivity index (χ1v) is 8.55. The number of halogens is 1. The monoisotopic (exact) mass is 313 g/mol. The van der Waals surface area contributed by atoms with Crippen molar-refractivity contribution in [1.29, 1.82) is 0 Å². The minimum absolute atomic E-state index is 1.32. The van der Waals surface area contributed by atoms with Crippen molar-refractivity contribution in [3.63, 3.8) is 0 Å². The van der Waals surface area contributed by atoms with Gasteiger partial charge in [0.15, 0.2) is 0 Å². The number of unbranched alkanes of at least 4 members (excludes halogenated alkanes) is 3. The molecule has 0 heterocycles. The first kappa shape index (κ1) is 19.7. The molecule has 0 unspecified atom stereocenters. The van der Waals surface area contributed by atoms with Crippen LogP contribution in [0.15, 0.2) is 0 Å². The van der Waals surface area contributed by atoms with Crippen LogP contribution in [0, 0.1) is 14.8 Å². The minimum Gasteiger partial charge on any atom is -0.372 e. The van der Waals surface area contributed by atoms with Crippen LogP contribution in [-0.2, 0) is 0 Å². The molecule has 0 rings (SSSR count). The molecule has 0 amide bonds. The summed E-state index contributed by atoms with van der Waals surface area (Å²) in [7, 11) is 0. The maximum atomic E-state index is 8.63. The fourth-order valence-corrected chi connectivity index (χ4v) is 1.48. The Balaban J connectivity index is 0.